The lowest BCUT2D eigenvalue weighted by Crippen LogP contribution is -2.42. The molecule has 5 nitrogen and oxygen atoms in total. The molecule has 1 aliphatic heterocycles. The zero-order valence-electron chi connectivity index (χ0n) is 14.0. The van der Waals surface area contributed by atoms with Crippen molar-refractivity contribution in [2.75, 3.05) is 13.7 Å². The molecule has 0 aromatic heterocycles. The van der Waals surface area contributed by atoms with Crippen molar-refractivity contribution in [2.45, 2.75) is 44.7 Å². The maximum Gasteiger partial charge on any atom is 0.226 e. The van der Waals surface area contributed by atoms with E-state index in [2.05, 4.69) is 23.1 Å². The van der Waals surface area contributed by atoms with Gasteiger partial charge >= 0.3 is 0 Å². The van der Waals surface area contributed by atoms with Gasteiger partial charge in [0.15, 0.2) is 0 Å². The molecule has 5 heteroatoms. The maximum atomic E-state index is 12.7. The van der Waals surface area contributed by atoms with E-state index in [1.165, 1.54) is 12.8 Å². The topological polar surface area (TPSA) is 62.4 Å². The van der Waals surface area contributed by atoms with Crippen molar-refractivity contribution in [2.24, 2.45) is 11.8 Å². The molecule has 1 amide bonds. The van der Waals surface area contributed by atoms with E-state index in [9.17, 15) is 4.79 Å². The highest BCUT2D eigenvalue weighted by Gasteiger charge is 2.35. The molecule has 1 aromatic rings. The Morgan fingerprint density at radius 3 is 2.78 bits per heavy atom. The van der Waals surface area contributed by atoms with E-state index in [-0.39, 0.29) is 17.9 Å². The molecule has 1 aliphatic carbocycles. The van der Waals surface area contributed by atoms with Crippen LogP contribution in [0.5, 0.6) is 5.75 Å². The summed E-state index contributed by atoms with van der Waals surface area (Å²) in [6.45, 7) is 2.94. The molecular formula is C18H27N3O2. The quantitative estimate of drug-likeness (QED) is 0.796. The molecule has 2 unspecified atom stereocenters. The minimum atomic E-state index is -0.0959. The van der Waals surface area contributed by atoms with Crippen LogP contribution in [0.2, 0.25) is 0 Å². The molecule has 2 aliphatic rings. The van der Waals surface area contributed by atoms with Gasteiger partial charge in [0.05, 0.1) is 19.1 Å². The highest BCUT2D eigenvalue weighted by atomic mass is 16.5. The number of carbonyl (C=O) groups excluding carboxylic acids is 1. The lowest BCUT2D eigenvalue weighted by molar-refractivity contribution is -0.125. The van der Waals surface area contributed by atoms with E-state index in [0.29, 0.717) is 12.6 Å². The van der Waals surface area contributed by atoms with Crippen LogP contribution in [0, 0.1) is 11.8 Å². The molecule has 2 fully saturated rings. The number of hydrazine groups is 1. The number of rotatable bonds is 4. The molecule has 126 valence electrons. The second kappa shape index (κ2) is 7.32. The third-order valence-electron chi connectivity index (χ3n) is 5.13. The molecular weight excluding hydrogens is 290 g/mol. The van der Waals surface area contributed by atoms with Crippen LogP contribution in [-0.2, 0) is 4.79 Å². The number of benzene rings is 1. The average molecular weight is 317 g/mol. The maximum absolute atomic E-state index is 12.7. The lowest BCUT2D eigenvalue weighted by Gasteiger charge is -2.28. The number of ether oxygens (including phenoxy) is 1. The van der Waals surface area contributed by atoms with E-state index in [0.717, 1.165) is 30.1 Å². The van der Waals surface area contributed by atoms with E-state index >= 15 is 0 Å². The normalized spacial score (nSPS) is 30.9. The number of hydrogen-bond acceptors (Lipinski definition) is 4. The van der Waals surface area contributed by atoms with Crippen LogP contribution in [0.1, 0.15) is 44.2 Å². The molecule has 3 N–H and O–H groups in total. The Morgan fingerprint density at radius 1 is 1.26 bits per heavy atom. The summed E-state index contributed by atoms with van der Waals surface area (Å²) in [5, 5.41) is 3.26. The summed E-state index contributed by atoms with van der Waals surface area (Å²) in [4.78, 5) is 12.7. The first-order valence-electron chi connectivity index (χ1n) is 8.60. The Kier molecular flexibility index (Phi) is 5.18. The predicted octanol–water partition coefficient (Wildman–Crippen LogP) is 2.16. The summed E-state index contributed by atoms with van der Waals surface area (Å²) >= 11 is 0. The summed E-state index contributed by atoms with van der Waals surface area (Å²) in [6, 6.07) is 8.23. The molecule has 23 heavy (non-hydrogen) atoms. The Bertz CT molecular complexity index is 541. The average Bonchev–Trinajstić information content (AvgIpc) is 3.07. The highest BCUT2D eigenvalue weighted by Crippen LogP contribution is 2.29. The largest absolute Gasteiger partial charge is 0.497 e. The fraction of sp³-hybridized carbons (Fsp3) is 0.611. The number of hydrogen-bond donors (Lipinski definition) is 3. The van der Waals surface area contributed by atoms with Crippen molar-refractivity contribution in [3.05, 3.63) is 29.8 Å². The van der Waals surface area contributed by atoms with Gasteiger partial charge in [-0.3, -0.25) is 10.2 Å². The first-order chi connectivity index (χ1) is 11.2. The minimum Gasteiger partial charge on any atom is -0.497 e. The number of amides is 1. The predicted molar refractivity (Wildman–Crippen MR) is 89.9 cm³/mol. The Balaban J connectivity index is 1.64. The van der Waals surface area contributed by atoms with Gasteiger partial charge in [-0.25, -0.2) is 5.43 Å². The standard InChI is InChI=1S/C18H27N3O2/c1-12-6-8-14(9-7-12)20-18(22)16-11-19-21-17(16)13-4-3-5-15(10-13)23-2/h3-5,10,12,14,16-17,19,21H,6-9,11H2,1-2H3,(H,20,22). The van der Waals surface area contributed by atoms with Gasteiger partial charge in [0.1, 0.15) is 5.75 Å². The summed E-state index contributed by atoms with van der Waals surface area (Å²) in [6.07, 6.45) is 4.63. The first-order valence-corrected chi connectivity index (χ1v) is 8.60. The third kappa shape index (κ3) is 3.85. The number of methoxy groups -OCH3 is 1. The monoisotopic (exact) mass is 317 g/mol. The van der Waals surface area contributed by atoms with Gasteiger partial charge in [0.2, 0.25) is 5.91 Å². The summed E-state index contributed by atoms with van der Waals surface area (Å²) in [5.41, 5.74) is 7.44. The summed E-state index contributed by atoms with van der Waals surface area (Å²) in [5.74, 6) is 1.66. The summed E-state index contributed by atoms with van der Waals surface area (Å²) < 4.78 is 5.29. The fourth-order valence-electron chi connectivity index (χ4n) is 3.60. The molecule has 1 heterocycles. The number of carbonyl (C=O) groups is 1. The molecule has 1 aromatic carbocycles. The molecule has 0 bridgehead atoms. The van der Waals surface area contributed by atoms with Gasteiger partial charge < -0.3 is 10.1 Å². The first kappa shape index (κ1) is 16.3. The van der Waals surface area contributed by atoms with E-state index in [1.807, 2.05) is 24.3 Å². The van der Waals surface area contributed by atoms with Crippen LogP contribution >= 0.6 is 0 Å². The van der Waals surface area contributed by atoms with Gasteiger partial charge in [-0.2, -0.15) is 0 Å². The van der Waals surface area contributed by atoms with Crippen LogP contribution in [0.3, 0.4) is 0 Å². The van der Waals surface area contributed by atoms with Crippen molar-refractivity contribution in [3.63, 3.8) is 0 Å². The molecule has 0 radical (unpaired) electrons. The zero-order valence-corrected chi connectivity index (χ0v) is 14.0. The minimum absolute atomic E-state index is 0.0207. The van der Waals surface area contributed by atoms with Crippen molar-refractivity contribution in [1.82, 2.24) is 16.2 Å². The third-order valence-corrected chi connectivity index (χ3v) is 5.13. The van der Waals surface area contributed by atoms with Crippen LogP contribution < -0.4 is 20.9 Å². The highest BCUT2D eigenvalue weighted by molar-refractivity contribution is 5.80. The zero-order chi connectivity index (χ0) is 16.2. The molecule has 0 spiro atoms. The van der Waals surface area contributed by atoms with Crippen LogP contribution in [0.15, 0.2) is 24.3 Å². The molecule has 2 atom stereocenters. The van der Waals surface area contributed by atoms with Gasteiger partial charge in [-0.05, 0) is 49.3 Å². The van der Waals surface area contributed by atoms with Crippen LogP contribution in [0.4, 0.5) is 0 Å². The van der Waals surface area contributed by atoms with Gasteiger partial charge in [-0.15, -0.1) is 0 Å². The van der Waals surface area contributed by atoms with Crippen molar-refractivity contribution < 1.29 is 9.53 Å². The van der Waals surface area contributed by atoms with Gasteiger partial charge in [0, 0.05) is 12.6 Å². The number of nitrogens with one attached hydrogen (secondary N) is 3. The second-order valence-corrected chi connectivity index (χ2v) is 6.85. The van der Waals surface area contributed by atoms with Crippen molar-refractivity contribution >= 4 is 5.91 Å². The smallest absolute Gasteiger partial charge is 0.226 e. The summed E-state index contributed by atoms with van der Waals surface area (Å²) in [7, 11) is 1.66. The SMILES string of the molecule is COc1cccc(C2NNCC2C(=O)NC2CCC(C)CC2)c1. The van der Waals surface area contributed by atoms with Crippen molar-refractivity contribution in [3.8, 4) is 5.75 Å². The van der Waals surface area contributed by atoms with Crippen LogP contribution in [0.25, 0.3) is 0 Å². The van der Waals surface area contributed by atoms with Gasteiger partial charge in [0.25, 0.3) is 0 Å². The second-order valence-electron chi connectivity index (χ2n) is 6.85. The lowest BCUT2D eigenvalue weighted by atomic mass is 9.86. The van der Waals surface area contributed by atoms with E-state index < -0.39 is 0 Å². The van der Waals surface area contributed by atoms with Crippen LogP contribution in [-0.4, -0.2) is 25.6 Å². The Labute approximate surface area is 138 Å². The van der Waals surface area contributed by atoms with E-state index in [1.54, 1.807) is 7.11 Å². The molecule has 1 saturated carbocycles. The van der Waals surface area contributed by atoms with E-state index in [4.69, 9.17) is 4.74 Å². The van der Waals surface area contributed by atoms with Gasteiger partial charge in [-0.1, -0.05) is 19.1 Å². The fourth-order valence-corrected chi connectivity index (χ4v) is 3.60. The Hall–Kier alpha value is -1.59. The van der Waals surface area contributed by atoms with Crippen molar-refractivity contribution in [1.29, 1.82) is 0 Å². The molecule has 3 rings (SSSR count). The molecule has 1 saturated heterocycles. The Morgan fingerprint density at radius 2 is 2.04 bits per heavy atom.